The van der Waals surface area contributed by atoms with Crippen LogP contribution in [0.1, 0.15) is 12.5 Å². The molecule has 0 radical (unpaired) electrons. The maximum absolute atomic E-state index is 11.7. The molecule has 106 valence electrons. The molecule has 3 N–H and O–H groups in total. The number of nitrogens with one attached hydrogen (secondary N) is 2. The Morgan fingerprint density at radius 3 is 2.79 bits per heavy atom. The van der Waals surface area contributed by atoms with Crippen molar-refractivity contribution in [3.05, 3.63) is 28.8 Å². The lowest BCUT2D eigenvalue weighted by Gasteiger charge is -2.22. The van der Waals surface area contributed by atoms with Gasteiger partial charge >= 0.3 is 6.03 Å². The van der Waals surface area contributed by atoms with Crippen molar-refractivity contribution in [2.75, 3.05) is 23.9 Å². The quantitative estimate of drug-likeness (QED) is 0.784. The van der Waals surface area contributed by atoms with Gasteiger partial charge in [-0.05, 0) is 37.8 Å². The molecule has 0 saturated carbocycles. The number of halogens is 1. The third-order valence-corrected chi connectivity index (χ3v) is 3.83. The average molecular weight is 303 g/mol. The molecule has 4 nitrogen and oxygen atoms in total. The summed E-state index contributed by atoms with van der Waals surface area (Å²) in [7, 11) is 0. The topological polar surface area (TPSA) is 61.4 Å². The lowest BCUT2D eigenvalue weighted by atomic mass is 10.1. The highest BCUT2D eigenvalue weighted by Gasteiger charge is 2.20. The molecule has 0 aliphatic carbocycles. The summed E-state index contributed by atoms with van der Waals surface area (Å²) >= 11 is 7.50. The highest BCUT2D eigenvalue weighted by molar-refractivity contribution is 7.98. The molecule has 0 fully saturated rings. The van der Waals surface area contributed by atoms with Crippen LogP contribution in [-0.2, 0) is 0 Å². The van der Waals surface area contributed by atoms with Crippen molar-refractivity contribution in [3.8, 4) is 0 Å². The Hall–Kier alpha value is -0.910. The van der Waals surface area contributed by atoms with Gasteiger partial charge in [-0.2, -0.15) is 11.8 Å². The Morgan fingerprint density at radius 2 is 2.21 bits per heavy atom. The van der Waals surface area contributed by atoms with Crippen LogP contribution in [0.5, 0.6) is 0 Å². The van der Waals surface area contributed by atoms with Gasteiger partial charge < -0.3 is 15.7 Å². The predicted molar refractivity (Wildman–Crippen MR) is 82.2 cm³/mol. The lowest BCUT2D eigenvalue weighted by Crippen LogP contribution is -2.43. The molecular weight excluding hydrogens is 284 g/mol. The summed E-state index contributed by atoms with van der Waals surface area (Å²) in [6.07, 6.45) is 1.91. The Morgan fingerprint density at radius 1 is 1.53 bits per heavy atom. The molecule has 0 bridgehead atoms. The molecule has 0 heterocycles. The number of urea groups is 1. The summed E-state index contributed by atoms with van der Waals surface area (Å²) in [6.45, 7) is 3.78. The number of rotatable bonds is 5. The van der Waals surface area contributed by atoms with Crippen molar-refractivity contribution >= 4 is 35.1 Å². The summed E-state index contributed by atoms with van der Waals surface area (Å²) < 4.78 is 0. The van der Waals surface area contributed by atoms with Crippen LogP contribution in [0.15, 0.2) is 18.2 Å². The van der Waals surface area contributed by atoms with Crippen LogP contribution in [0.2, 0.25) is 5.02 Å². The summed E-state index contributed by atoms with van der Waals surface area (Å²) in [6, 6.07) is 4.94. The largest absolute Gasteiger partial charge is 0.387 e. The molecular formula is C13H19ClN2O2S. The fraction of sp³-hybridized carbons (Fsp3) is 0.462. The van der Waals surface area contributed by atoms with Gasteiger partial charge in [0.15, 0.2) is 0 Å². The van der Waals surface area contributed by atoms with Crippen molar-refractivity contribution < 1.29 is 9.90 Å². The van der Waals surface area contributed by atoms with Gasteiger partial charge in [-0.25, -0.2) is 4.79 Å². The van der Waals surface area contributed by atoms with E-state index in [1.54, 1.807) is 19.1 Å². The SMILES string of the molecule is CSCC(C)(O)CNC(=O)Nc1ccc(C)c(Cl)c1. The highest BCUT2D eigenvalue weighted by atomic mass is 35.5. The van der Waals surface area contributed by atoms with Crippen molar-refractivity contribution in [3.63, 3.8) is 0 Å². The summed E-state index contributed by atoms with van der Waals surface area (Å²) in [5, 5.41) is 15.8. The average Bonchev–Trinajstić information content (AvgIpc) is 2.32. The fourth-order valence-corrected chi connectivity index (χ4v) is 2.38. The molecule has 19 heavy (non-hydrogen) atoms. The molecule has 1 atom stereocenters. The van der Waals surface area contributed by atoms with Crippen LogP contribution < -0.4 is 10.6 Å². The number of carbonyl (C=O) groups is 1. The molecule has 1 unspecified atom stereocenters. The van der Waals surface area contributed by atoms with Gasteiger partial charge in [0.05, 0.1) is 5.60 Å². The number of amides is 2. The van der Waals surface area contributed by atoms with Crippen LogP contribution in [0.4, 0.5) is 10.5 Å². The van der Waals surface area contributed by atoms with E-state index in [0.717, 1.165) is 5.56 Å². The third kappa shape index (κ3) is 5.72. The second-order valence-corrected chi connectivity index (χ2v) is 5.97. The minimum Gasteiger partial charge on any atom is -0.387 e. The Kier molecular flexibility index (Phi) is 5.97. The third-order valence-electron chi connectivity index (χ3n) is 2.51. The molecule has 0 aromatic heterocycles. The first-order chi connectivity index (χ1) is 8.84. The van der Waals surface area contributed by atoms with Crippen LogP contribution in [0.25, 0.3) is 0 Å². The summed E-state index contributed by atoms with van der Waals surface area (Å²) in [4.78, 5) is 11.7. The standard InChI is InChI=1S/C13H19ClN2O2S/c1-9-4-5-10(6-11(9)14)16-12(17)15-7-13(2,18)8-19-3/h4-6,18H,7-8H2,1-3H3,(H2,15,16,17). The van der Waals surface area contributed by atoms with E-state index in [1.165, 1.54) is 11.8 Å². The molecule has 0 spiro atoms. The first-order valence-corrected chi connectivity index (χ1v) is 7.63. The molecule has 1 rings (SSSR count). The minimum absolute atomic E-state index is 0.194. The van der Waals surface area contributed by atoms with Crippen molar-refractivity contribution in [2.45, 2.75) is 19.4 Å². The van der Waals surface area contributed by atoms with E-state index in [4.69, 9.17) is 11.6 Å². The van der Waals surface area contributed by atoms with E-state index in [1.807, 2.05) is 19.2 Å². The van der Waals surface area contributed by atoms with Gasteiger partial charge in [0.2, 0.25) is 0 Å². The Labute approximate surface area is 122 Å². The van der Waals surface area contributed by atoms with Gasteiger partial charge in [0.1, 0.15) is 0 Å². The smallest absolute Gasteiger partial charge is 0.319 e. The number of thioether (sulfide) groups is 1. The molecule has 0 aliphatic rings. The fourth-order valence-electron chi connectivity index (χ4n) is 1.48. The zero-order valence-corrected chi connectivity index (χ0v) is 12.9. The number of hydrogen-bond donors (Lipinski definition) is 3. The summed E-state index contributed by atoms with van der Waals surface area (Å²) in [5.74, 6) is 0.559. The van der Waals surface area contributed by atoms with E-state index in [9.17, 15) is 9.90 Å². The number of aliphatic hydroxyl groups is 1. The minimum atomic E-state index is -0.915. The molecule has 2 amide bonds. The van der Waals surface area contributed by atoms with Gasteiger partial charge in [-0.3, -0.25) is 0 Å². The Balaban J connectivity index is 2.49. The van der Waals surface area contributed by atoms with Crippen molar-refractivity contribution in [2.24, 2.45) is 0 Å². The van der Waals surface area contributed by atoms with E-state index in [-0.39, 0.29) is 12.6 Å². The van der Waals surface area contributed by atoms with Crippen LogP contribution in [0, 0.1) is 6.92 Å². The summed E-state index contributed by atoms with van der Waals surface area (Å²) in [5.41, 5.74) is 0.662. The maximum atomic E-state index is 11.7. The van der Waals surface area contributed by atoms with Gasteiger partial charge in [-0.15, -0.1) is 0 Å². The molecule has 1 aromatic rings. The number of aryl methyl sites for hydroxylation is 1. The number of benzene rings is 1. The number of carbonyl (C=O) groups excluding carboxylic acids is 1. The highest BCUT2D eigenvalue weighted by Crippen LogP contribution is 2.19. The van der Waals surface area contributed by atoms with Crippen LogP contribution >= 0.6 is 23.4 Å². The molecule has 0 aliphatic heterocycles. The zero-order valence-electron chi connectivity index (χ0n) is 11.3. The van der Waals surface area contributed by atoms with E-state index in [0.29, 0.717) is 16.5 Å². The first kappa shape index (κ1) is 16.1. The Bertz CT molecular complexity index is 452. The predicted octanol–water partition coefficient (Wildman–Crippen LogP) is 2.88. The van der Waals surface area contributed by atoms with E-state index >= 15 is 0 Å². The van der Waals surface area contributed by atoms with Crippen LogP contribution in [0.3, 0.4) is 0 Å². The molecule has 1 aromatic carbocycles. The van der Waals surface area contributed by atoms with Gasteiger partial charge in [0.25, 0.3) is 0 Å². The van der Waals surface area contributed by atoms with E-state index < -0.39 is 5.60 Å². The maximum Gasteiger partial charge on any atom is 0.319 e. The van der Waals surface area contributed by atoms with Gasteiger partial charge in [0, 0.05) is 23.0 Å². The van der Waals surface area contributed by atoms with Crippen molar-refractivity contribution in [1.29, 1.82) is 0 Å². The van der Waals surface area contributed by atoms with E-state index in [2.05, 4.69) is 10.6 Å². The molecule has 0 saturated heterocycles. The van der Waals surface area contributed by atoms with Crippen LogP contribution in [-0.4, -0.2) is 35.3 Å². The second kappa shape index (κ2) is 7.03. The first-order valence-electron chi connectivity index (χ1n) is 5.86. The number of hydrogen-bond acceptors (Lipinski definition) is 3. The number of anilines is 1. The monoisotopic (exact) mass is 302 g/mol. The van der Waals surface area contributed by atoms with Crippen molar-refractivity contribution in [1.82, 2.24) is 5.32 Å². The lowest BCUT2D eigenvalue weighted by molar-refractivity contribution is 0.0876. The van der Waals surface area contributed by atoms with Gasteiger partial charge in [-0.1, -0.05) is 17.7 Å². The zero-order chi connectivity index (χ0) is 14.5. The molecule has 6 heteroatoms. The second-order valence-electron chi connectivity index (χ2n) is 4.70. The normalized spacial score (nSPS) is 13.7.